The molecule has 1 N–H and O–H groups in total. The molecule has 0 saturated carbocycles. The Hall–Kier alpha value is -1.57. The normalized spacial score (nSPS) is 11.9. The van der Waals surface area contributed by atoms with Crippen molar-refractivity contribution in [3.63, 3.8) is 0 Å². The number of nitrogens with one attached hydrogen (secondary N) is 1. The maximum Gasteiger partial charge on any atom is 0.121 e. The predicted molar refractivity (Wildman–Crippen MR) is 78.2 cm³/mol. The lowest BCUT2D eigenvalue weighted by atomic mass is 10.1. The molecule has 4 nitrogen and oxygen atoms in total. The summed E-state index contributed by atoms with van der Waals surface area (Å²) in [6.07, 6.45) is 0.918. The topological polar surface area (TPSA) is 48.3 Å². The minimum absolute atomic E-state index is 0.252. The molecule has 1 rings (SSSR count). The fourth-order valence-electron chi connectivity index (χ4n) is 1.77. The molecular formula is C15H23N3O. The standard InChI is InChI=1S/C15H23N3O/c1-4-19-11-5-10-17-15(12-16)13-6-8-14(9-7-13)18(2)3/h6-9,15,17H,4-5,10-11H2,1-3H3. The van der Waals surface area contributed by atoms with Crippen molar-refractivity contribution in [3.05, 3.63) is 29.8 Å². The Morgan fingerprint density at radius 1 is 1.32 bits per heavy atom. The molecular weight excluding hydrogens is 238 g/mol. The summed E-state index contributed by atoms with van der Waals surface area (Å²) in [6, 6.07) is 10.1. The zero-order valence-corrected chi connectivity index (χ0v) is 12.0. The molecule has 1 aromatic carbocycles. The highest BCUT2D eigenvalue weighted by atomic mass is 16.5. The largest absolute Gasteiger partial charge is 0.382 e. The van der Waals surface area contributed by atoms with E-state index in [1.807, 2.05) is 50.2 Å². The van der Waals surface area contributed by atoms with E-state index in [0.717, 1.165) is 37.4 Å². The van der Waals surface area contributed by atoms with Gasteiger partial charge in [-0.05, 0) is 37.6 Å². The Balaban J connectivity index is 2.48. The van der Waals surface area contributed by atoms with Gasteiger partial charge in [-0.3, -0.25) is 5.32 Å². The van der Waals surface area contributed by atoms with Crippen LogP contribution in [0.3, 0.4) is 0 Å². The number of benzene rings is 1. The van der Waals surface area contributed by atoms with Gasteiger partial charge in [-0.25, -0.2) is 0 Å². The fourth-order valence-corrected chi connectivity index (χ4v) is 1.77. The minimum Gasteiger partial charge on any atom is -0.382 e. The van der Waals surface area contributed by atoms with E-state index in [1.54, 1.807) is 0 Å². The van der Waals surface area contributed by atoms with Crippen LogP contribution in [0.15, 0.2) is 24.3 Å². The smallest absolute Gasteiger partial charge is 0.121 e. The third kappa shape index (κ3) is 5.29. The molecule has 1 unspecified atom stereocenters. The molecule has 0 spiro atoms. The molecule has 1 atom stereocenters. The second-order valence-electron chi connectivity index (χ2n) is 4.55. The van der Waals surface area contributed by atoms with Crippen LogP contribution in [0.1, 0.15) is 24.9 Å². The van der Waals surface area contributed by atoms with E-state index < -0.39 is 0 Å². The number of nitriles is 1. The van der Waals surface area contributed by atoms with Crippen molar-refractivity contribution >= 4 is 5.69 Å². The van der Waals surface area contributed by atoms with Crippen LogP contribution in [0.2, 0.25) is 0 Å². The zero-order valence-electron chi connectivity index (χ0n) is 12.0. The Bertz CT molecular complexity index is 395. The van der Waals surface area contributed by atoms with Gasteiger partial charge in [-0.2, -0.15) is 5.26 Å². The zero-order chi connectivity index (χ0) is 14.1. The molecule has 0 amide bonds. The molecule has 0 saturated heterocycles. The van der Waals surface area contributed by atoms with Crippen LogP contribution < -0.4 is 10.2 Å². The average Bonchev–Trinajstić information content (AvgIpc) is 2.43. The average molecular weight is 261 g/mol. The lowest BCUT2D eigenvalue weighted by molar-refractivity contribution is 0.144. The fraction of sp³-hybridized carbons (Fsp3) is 0.533. The van der Waals surface area contributed by atoms with Crippen molar-refractivity contribution in [1.82, 2.24) is 5.32 Å². The lowest BCUT2D eigenvalue weighted by Gasteiger charge is -2.15. The van der Waals surface area contributed by atoms with Gasteiger partial charge in [0.05, 0.1) is 6.07 Å². The molecule has 0 aliphatic carbocycles. The second kappa shape index (κ2) is 8.52. The summed E-state index contributed by atoms with van der Waals surface area (Å²) in [5.41, 5.74) is 2.14. The van der Waals surface area contributed by atoms with Gasteiger partial charge in [0.15, 0.2) is 0 Å². The molecule has 0 heterocycles. The Kier molecular flexibility index (Phi) is 6.94. The van der Waals surface area contributed by atoms with Gasteiger partial charge in [0.2, 0.25) is 0 Å². The van der Waals surface area contributed by atoms with Gasteiger partial charge >= 0.3 is 0 Å². The number of anilines is 1. The lowest BCUT2D eigenvalue weighted by Crippen LogP contribution is -2.22. The summed E-state index contributed by atoms with van der Waals surface area (Å²) in [5, 5.41) is 12.4. The van der Waals surface area contributed by atoms with E-state index in [9.17, 15) is 5.26 Å². The third-order valence-electron chi connectivity index (χ3n) is 2.89. The van der Waals surface area contributed by atoms with Crippen LogP contribution in [0.25, 0.3) is 0 Å². The Labute approximate surface area is 116 Å². The van der Waals surface area contributed by atoms with Crippen molar-refractivity contribution in [2.75, 3.05) is 38.8 Å². The van der Waals surface area contributed by atoms with Gasteiger partial charge < -0.3 is 9.64 Å². The van der Waals surface area contributed by atoms with E-state index in [1.165, 1.54) is 0 Å². The molecule has 4 heteroatoms. The van der Waals surface area contributed by atoms with Crippen LogP contribution in [0.4, 0.5) is 5.69 Å². The molecule has 0 radical (unpaired) electrons. The van der Waals surface area contributed by atoms with Gasteiger partial charge in [-0.1, -0.05) is 12.1 Å². The third-order valence-corrected chi connectivity index (χ3v) is 2.89. The van der Waals surface area contributed by atoms with E-state index in [2.05, 4.69) is 11.4 Å². The van der Waals surface area contributed by atoms with Crippen LogP contribution in [-0.4, -0.2) is 33.9 Å². The van der Waals surface area contributed by atoms with E-state index >= 15 is 0 Å². The number of rotatable bonds is 8. The predicted octanol–water partition coefficient (Wildman–Crippen LogP) is 2.33. The Morgan fingerprint density at radius 2 is 2.00 bits per heavy atom. The first-order valence-electron chi connectivity index (χ1n) is 6.67. The molecule has 0 fully saturated rings. The first kappa shape index (κ1) is 15.5. The summed E-state index contributed by atoms with van der Waals surface area (Å²) < 4.78 is 5.27. The first-order valence-corrected chi connectivity index (χ1v) is 6.67. The second-order valence-corrected chi connectivity index (χ2v) is 4.55. The minimum atomic E-state index is -0.252. The first-order chi connectivity index (χ1) is 9.19. The summed E-state index contributed by atoms with van der Waals surface area (Å²) in [7, 11) is 4.01. The quantitative estimate of drug-likeness (QED) is 0.730. The molecule has 104 valence electrons. The maximum absolute atomic E-state index is 9.21. The number of nitrogens with zero attached hydrogens (tertiary/aromatic N) is 2. The van der Waals surface area contributed by atoms with Crippen LogP contribution >= 0.6 is 0 Å². The van der Waals surface area contributed by atoms with Crippen LogP contribution in [0.5, 0.6) is 0 Å². The summed E-state index contributed by atoms with van der Waals surface area (Å²) in [4.78, 5) is 2.04. The van der Waals surface area contributed by atoms with Crippen molar-refractivity contribution in [1.29, 1.82) is 5.26 Å². The molecule has 0 bridgehead atoms. The molecule has 0 aliphatic rings. The highest BCUT2D eigenvalue weighted by Crippen LogP contribution is 2.17. The molecule has 19 heavy (non-hydrogen) atoms. The van der Waals surface area contributed by atoms with Gasteiger partial charge in [0, 0.05) is 33.0 Å². The SMILES string of the molecule is CCOCCCNC(C#N)c1ccc(N(C)C)cc1. The maximum atomic E-state index is 9.21. The van der Waals surface area contributed by atoms with E-state index in [4.69, 9.17) is 4.74 Å². The van der Waals surface area contributed by atoms with Crippen molar-refractivity contribution < 1.29 is 4.74 Å². The van der Waals surface area contributed by atoms with Gasteiger partial charge in [0.25, 0.3) is 0 Å². The molecule has 0 aromatic heterocycles. The van der Waals surface area contributed by atoms with Crippen LogP contribution in [-0.2, 0) is 4.74 Å². The number of hydrogen-bond donors (Lipinski definition) is 1. The number of ether oxygens (including phenoxy) is 1. The highest BCUT2D eigenvalue weighted by Gasteiger charge is 2.09. The monoisotopic (exact) mass is 261 g/mol. The van der Waals surface area contributed by atoms with Gasteiger partial charge in [0.1, 0.15) is 6.04 Å². The van der Waals surface area contributed by atoms with Crippen molar-refractivity contribution in [2.24, 2.45) is 0 Å². The van der Waals surface area contributed by atoms with Crippen LogP contribution in [0, 0.1) is 11.3 Å². The highest BCUT2D eigenvalue weighted by molar-refractivity contribution is 5.47. The van der Waals surface area contributed by atoms with E-state index in [-0.39, 0.29) is 6.04 Å². The molecule has 0 aliphatic heterocycles. The summed E-state index contributed by atoms with van der Waals surface area (Å²) >= 11 is 0. The summed E-state index contributed by atoms with van der Waals surface area (Å²) in [6.45, 7) is 4.25. The Morgan fingerprint density at radius 3 is 2.53 bits per heavy atom. The van der Waals surface area contributed by atoms with E-state index in [0.29, 0.717) is 0 Å². The van der Waals surface area contributed by atoms with Crippen molar-refractivity contribution in [2.45, 2.75) is 19.4 Å². The van der Waals surface area contributed by atoms with Gasteiger partial charge in [-0.15, -0.1) is 0 Å². The molecule has 1 aromatic rings. The van der Waals surface area contributed by atoms with Crippen molar-refractivity contribution in [3.8, 4) is 6.07 Å². The number of hydrogen-bond acceptors (Lipinski definition) is 4. The summed E-state index contributed by atoms with van der Waals surface area (Å²) in [5.74, 6) is 0.